The summed E-state index contributed by atoms with van der Waals surface area (Å²) in [6.07, 6.45) is 3.15. The molecule has 3 rings (SSSR count). The van der Waals surface area contributed by atoms with E-state index in [2.05, 4.69) is 6.92 Å². The van der Waals surface area contributed by atoms with Gasteiger partial charge in [-0.3, -0.25) is 19.3 Å². The van der Waals surface area contributed by atoms with E-state index in [1.807, 2.05) is 4.90 Å². The number of amides is 3. The van der Waals surface area contributed by atoms with E-state index in [-0.39, 0.29) is 17.7 Å². The van der Waals surface area contributed by atoms with Crippen molar-refractivity contribution >= 4 is 17.7 Å². The highest BCUT2D eigenvalue weighted by atomic mass is 16.2. The summed E-state index contributed by atoms with van der Waals surface area (Å²) in [6.45, 7) is 4.13. The van der Waals surface area contributed by atoms with Gasteiger partial charge in [0.25, 0.3) is 11.8 Å². The highest BCUT2D eigenvalue weighted by Crippen LogP contribution is 2.23. The molecule has 1 aromatic carbocycles. The number of piperidine rings is 1. The first-order valence-corrected chi connectivity index (χ1v) is 8.31. The molecule has 1 saturated heterocycles. The minimum atomic E-state index is -0.246. The summed E-state index contributed by atoms with van der Waals surface area (Å²) in [5, 5.41) is 0. The van der Waals surface area contributed by atoms with Gasteiger partial charge in [-0.15, -0.1) is 0 Å². The van der Waals surface area contributed by atoms with E-state index in [4.69, 9.17) is 0 Å². The van der Waals surface area contributed by atoms with Crippen molar-refractivity contribution in [1.82, 2.24) is 9.80 Å². The smallest absolute Gasteiger partial charge is 0.261 e. The maximum absolute atomic E-state index is 12.2. The number of hydrogen-bond donors (Lipinski definition) is 0. The average molecular weight is 314 g/mol. The lowest BCUT2D eigenvalue weighted by atomic mass is 10.00. The number of rotatable bonds is 4. The number of carbonyl (C=O) groups excluding carboxylic acids is 3. The second-order valence-corrected chi connectivity index (χ2v) is 6.50. The van der Waals surface area contributed by atoms with E-state index in [9.17, 15) is 14.4 Å². The maximum Gasteiger partial charge on any atom is 0.261 e. The van der Waals surface area contributed by atoms with Crippen LogP contribution in [0.2, 0.25) is 0 Å². The van der Waals surface area contributed by atoms with Crippen LogP contribution in [0.15, 0.2) is 24.3 Å². The third kappa shape index (κ3) is 3.14. The first-order chi connectivity index (χ1) is 11.1. The van der Waals surface area contributed by atoms with Crippen molar-refractivity contribution in [1.29, 1.82) is 0 Å². The zero-order valence-corrected chi connectivity index (χ0v) is 13.5. The van der Waals surface area contributed by atoms with Crippen molar-refractivity contribution in [3.63, 3.8) is 0 Å². The fraction of sp³-hybridized carbons (Fsp3) is 0.500. The molecule has 0 radical (unpaired) electrons. The molecular formula is C18H22N2O3. The molecule has 3 amide bonds. The van der Waals surface area contributed by atoms with Crippen LogP contribution in [0.4, 0.5) is 0 Å². The minimum Gasteiger partial charge on any atom is -0.342 e. The van der Waals surface area contributed by atoms with Crippen molar-refractivity contribution in [2.24, 2.45) is 5.92 Å². The summed E-state index contributed by atoms with van der Waals surface area (Å²) in [5.41, 5.74) is 0.933. The third-order valence-corrected chi connectivity index (χ3v) is 4.66. The second-order valence-electron chi connectivity index (χ2n) is 6.50. The van der Waals surface area contributed by atoms with E-state index in [1.165, 1.54) is 11.3 Å². The van der Waals surface area contributed by atoms with E-state index in [1.54, 1.807) is 24.3 Å². The number of nitrogens with zero attached hydrogens (tertiary/aromatic N) is 2. The Morgan fingerprint density at radius 2 is 1.83 bits per heavy atom. The van der Waals surface area contributed by atoms with Crippen LogP contribution in [-0.4, -0.2) is 47.2 Å². The normalized spacial score (nSPS) is 20.8. The predicted molar refractivity (Wildman–Crippen MR) is 86.0 cm³/mol. The van der Waals surface area contributed by atoms with Gasteiger partial charge in [-0.1, -0.05) is 19.1 Å². The SMILES string of the molecule is CC1CCCN(C(=O)CCCN2C(=O)c3ccccc3C2=O)C1. The number of carbonyl (C=O) groups is 3. The highest BCUT2D eigenvalue weighted by molar-refractivity contribution is 6.21. The molecule has 122 valence electrons. The fourth-order valence-corrected chi connectivity index (χ4v) is 3.40. The predicted octanol–water partition coefficient (Wildman–Crippen LogP) is 2.32. The summed E-state index contributed by atoms with van der Waals surface area (Å²) in [4.78, 5) is 39.9. The maximum atomic E-state index is 12.2. The molecule has 2 aliphatic heterocycles. The van der Waals surface area contributed by atoms with Gasteiger partial charge in [0.1, 0.15) is 0 Å². The van der Waals surface area contributed by atoms with Gasteiger partial charge in [0.2, 0.25) is 5.91 Å². The van der Waals surface area contributed by atoms with Crippen molar-refractivity contribution in [3.05, 3.63) is 35.4 Å². The Morgan fingerprint density at radius 3 is 2.43 bits per heavy atom. The molecule has 0 aromatic heterocycles. The van der Waals surface area contributed by atoms with Crippen molar-refractivity contribution < 1.29 is 14.4 Å². The zero-order chi connectivity index (χ0) is 16.4. The van der Waals surface area contributed by atoms with E-state index in [0.717, 1.165) is 19.5 Å². The molecule has 0 bridgehead atoms. The van der Waals surface area contributed by atoms with Crippen LogP contribution in [0.5, 0.6) is 0 Å². The molecule has 2 heterocycles. The first-order valence-electron chi connectivity index (χ1n) is 8.31. The lowest BCUT2D eigenvalue weighted by Crippen LogP contribution is -2.39. The molecular weight excluding hydrogens is 292 g/mol. The van der Waals surface area contributed by atoms with Gasteiger partial charge in [-0.25, -0.2) is 0 Å². The van der Waals surface area contributed by atoms with Crippen molar-refractivity contribution in [3.8, 4) is 0 Å². The Labute approximate surface area is 136 Å². The van der Waals surface area contributed by atoms with Gasteiger partial charge in [-0.2, -0.15) is 0 Å². The Morgan fingerprint density at radius 1 is 1.17 bits per heavy atom. The van der Waals surface area contributed by atoms with Crippen LogP contribution in [-0.2, 0) is 4.79 Å². The molecule has 0 spiro atoms. The molecule has 1 atom stereocenters. The van der Waals surface area contributed by atoms with Crippen LogP contribution in [0.3, 0.4) is 0 Å². The third-order valence-electron chi connectivity index (χ3n) is 4.66. The standard InChI is InChI=1S/C18H22N2O3/c1-13-6-4-10-19(12-13)16(21)9-5-11-20-17(22)14-7-2-3-8-15(14)18(20)23/h2-3,7-8,13H,4-6,9-12H2,1H3. The van der Waals surface area contributed by atoms with Crippen molar-refractivity contribution in [2.75, 3.05) is 19.6 Å². The largest absolute Gasteiger partial charge is 0.342 e. The van der Waals surface area contributed by atoms with E-state index >= 15 is 0 Å². The molecule has 5 heteroatoms. The van der Waals surface area contributed by atoms with Crippen molar-refractivity contribution in [2.45, 2.75) is 32.6 Å². The van der Waals surface area contributed by atoms with Crippen LogP contribution in [0.25, 0.3) is 0 Å². The van der Waals surface area contributed by atoms with E-state index < -0.39 is 0 Å². The van der Waals surface area contributed by atoms with Gasteiger partial charge in [-0.05, 0) is 37.3 Å². The topological polar surface area (TPSA) is 57.7 Å². The molecule has 0 N–H and O–H groups in total. The first kappa shape index (κ1) is 15.7. The summed E-state index contributed by atoms with van der Waals surface area (Å²) in [5.74, 6) is 0.200. The number of likely N-dealkylation sites (tertiary alicyclic amines) is 1. The fourth-order valence-electron chi connectivity index (χ4n) is 3.40. The summed E-state index contributed by atoms with van der Waals surface area (Å²) >= 11 is 0. The highest BCUT2D eigenvalue weighted by Gasteiger charge is 2.34. The van der Waals surface area contributed by atoms with Gasteiger partial charge < -0.3 is 4.90 Å². The van der Waals surface area contributed by atoms with Crippen LogP contribution in [0, 0.1) is 5.92 Å². The van der Waals surface area contributed by atoms with Crippen LogP contribution >= 0.6 is 0 Å². The molecule has 1 fully saturated rings. The minimum absolute atomic E-state index is 0.133. The molecule has 0 aliphatic carbocycles. The van der Waals surface area contributed by atoms with Crippen LogP contribution < -0.4 is 0 Å². The molecule has 23 heavy (non-hydrogen) atoms. The number of fused-ring (bicyclic) bond motifs is 1. The lowest BCUT2D eigenvalue weighted by molar-refractivity contribution is -0.133. The van der Waals surface area contributed by atoms with Gasteiger partial charge in [0.15, 0.2) is 0 Å². The van der Waals surface area contributed by atoms with Gasteiger partial charge in [0.05, 0.1) is 11.1 Å². The zero-order valence-electron chi connectivity index (χ0n) is 13.5. The Kier molecular flexibility index (Phi) is 4.46. The summed E-state index contributed by atoms with van der Waals surface area (Å²) in [6, 6.07) is 6.87. The molecule has 2 aliphatic rings. The van der Waals surface area contributed by atoms with Gasteiger partial charge in [0, 0.05) is 26.1 Å². The average Bonchev–Trinajstić information content (AvgIpc) is 2.80. The van der Waals surface area contributed by atoms with Crippen LogP contribution in [0.1, 0.15) is 53.3 Å². The van der Waals surface area contributed by atoms with E-state index in [0.29, 0.717) is 36.4 Å². The Balaban J connectivity index is 1.53. The monoisotopic (exact) mass is 314 g/mol. The molecule has 1 unspecified atom stereocenters. The van der Waals surface area contributed by atoms with Gasteiger partial charge >= 0.3 is 0 Å². The molecule has 5 nitrogen and oxygen atoms in total. The lowest BCUT2D eigenvalue weighted by Gasteiger charge is -2.31. The summed E-state index contributed by atoms with van der Waals surface area (Å²) in [7, 11) is 0. The summed E-state index contributed by atoms with van der Waals surface area (Å²) < 4.78 is 0. The Bertz CT molecular complexity index is 606. The number of hydrogen-bond acceptors (Lipinski definition) is 3. The molecule has 1 aromatic rings. The Hall–Kier alpha value is -2.17. The quantitative estimate of drug-likeness (QED) is 0.801. The second kappa shape index (κ2) is 6.52. The molecule has 0 saturated carbocycles. The number of benzene rings is 1. The number of imide groups is 1.